The van der Waals surface area contributed by atoms with Crippen LogP contribution in [0.1, 0.15) is 17.0 Å². The van der Waals surface area contributed by atoms with Crippen molar-refractivity contribution in [3.05, 3.63) is 35.2 Å². The molecule has 0 radical (unpaired) electrons. The van der Waals surface area contributed by atoms with Crippen molar-refractivity contribution in [2.75, 3.05) is 7.05 Å². The van der Waals surface area contributed by atoms with Gasteiger partial charge < -0.3 is 9.88 Å². The summed E-state index contributed by atoms with van der Waals surface area (Å²) in [5.41, 5.74) is 2.57. The van der Waals surface area contributed by atoms with E-state index in [0.717, 1.165) is 17.5 Å². The summed E-state index contributed by atoms with van der Waals surface area (Å²) in [4.78, 5) is 1.23. The first-order valence-corrected chi connectivity index (χ1v) is 6.71. The number of benzene rings is 1. The summed E-state index contributed by atoms with van der Waals surface area (Å²) in [6, 6.07) is 6.49. The first-order valence-electron chi connectivity index (χ1n) is 5.90. The average Bonchev–Trinajstić information content (AvgIpc) is 2.65. The Labute approximate surface area is 112 Å². The maximum atomic E-state index is 4.19. The second-order valence-corrected chi connectivity index (χ2v) is 5.34. The molecule has 0 aliphatic carbocycles. The van der Waals surface area contributed by atoms with Crippen LogP contribution in [0.2, 0.25) is 0 Å². The van der Waals surface area contributed by atoms with Gasteiger partial charge in [0.2, 0.25) is 0 Å². The molecule has 4 nitrogen and oxygen atoms in total. The standard InChI is InChI=1S/C13H18N4S/c1-9-5-6-12(11(7-9)8-14-3)18-13-16-15-10(2)17(13)4/h5-7,14H,8H2,1-4H3. The molecule has 0 aliphatic rings. The molecule has 0 aliphatic heterocycles. The highest BCUT2D eigenvalue weighted by Crippen LogP contribution is 2.29. The van der Waals surface area contributed by atoms with Gasteiger partial charge in [0.25, 0.3) is 0 Å². The van der Waals surface area contributed by atoms with Crippen LogP contribution >= 0.6 is 11.8 Å². The van der Waals surface area contributed by atoms with Gasteiger partial charge in [-0.05, 0) is 44.3 Å². The first-order chi connectivity index (χ1) is 8.61. The predicted octanol–water partition coefficient (Wildman–Crippen LogP) is 2.30. The number of aryl methyl sites for hydroxylation is 2. The lowest BCUT2D eigenvalue weighted by Crippen LogP contribution is -2.06. The maximum Gasteiger partial charge on any atom is 0.195 e. The van der Waals surface area contributed by atoms with Gasteiger partial charge in [-0.15, -0.1) is 10.2 Å². The van der Waals surface area contributed by atoms with Gasteiger partial charge in [0.1, 0.15) is 5.82 Å². The fourth-order valence-corrected chi connectivity index (χ4v) is 2.66. The minimum Gasteiger partial charge on any atom is -0.316 e. The molecule has 18 heavy (non-hydrogen) atoms. The summed E-state index contributed by atoms with van der Waals surface area (Å²) in [5.74, 6) is 0.930. The van der Waals surface area contributed by atoms with Crippen molar-refractivity contribution in [1.29, 1.82) is 0 Å². The van der Waals surface area contributed by atoms with Crippen molar-refractivity contribution in [3.8, 4) is 0 Å². The zero-order valence-electron chi connectivity index (χ0n) is 11.2. The van der Waals surface area contributed by atoms with Crippen LogP contribution in [-0.2, 0) is 13.6 Å². The fraction of sp³-hybridized carbons (Fsp3) is 0.385. The third-order valence-electron chi connectivity index (χ3n) is 2.84. The van der Waals surface area contributed by atoms with Crippen LogP contribution in [0.4, 0.5) is 0 Å². The van der Waals surface area contributed by atoms with E-state index in [2.05, 4.69) is 40.6 Å². The van der Waals surface area contributed by atoms with Crippen molar-refractivity contribution in [3.63, 3.8) is 0 Å². The van der Waals surface area contributed by atoms with Crippen LogP contribution < -0.4 is 5.32 Å². The molecule has 0 amide bonds. The Morgan fingerprint density at radius 3 is 2.67 bits per heavy atom. The van der Waals surface area contributed by atoms with Gasteiger partial charge in [0.05, 0.1) is 0 Å². The lowest BCUT2D eigenvalue weighted by Gasteiger charge is -2.09. The maximum absolute atomic E-state index is 4.19. The third kappa shape index (κ3) is 2.73. The lowest BCUT2D eigenvalue weighted by molar-refractivity contribution is 0.763. The van der Waals surface area contributed by atoms with E-state index in [1.54, 1.807) is 11.8 Å². The molecule has 1 aromatic heterocycles. The van der Waals surface area contributed by atoms with E-state index in [4.69, 9.17) is 0 Å². The number of nitrogens with zero attached hydrogens (tertiary/aromatic N) is 3. The summed E-state index contributed by atoms with van der Waals surface area (Å²) in [7, 11) is 3.95. The van der Waals surface area contributed by atoms with Crippen LogP contribution in [0.15, 0.2) is 28.3 Å². The van der Waals surface area contributed by atoms with E-state index in [0.29, 0.717) is 0 Å². The van der Waals surface area contributed by atoms with Crippen LogP contribution in [0.3, 0.4) is 0 Å². The van der Waals surface area contributed by atoms with Crippen LogP contribution in [0.25, 0.3) is 0 Å². The van der Waals surface area contributed by atoms with Gasteiger partial charge in [-0.25, -0.2) is 0 Å². The molecule has 0 bridgehead atoms. The third-order valence-corrected chi connectivity index (χ3v) is 3.99. The fourth-order valence-electron chi connectivity index (χ4n) is 1.71. The number of hydrogen-bond donors (Lipinski definition) is 1. The molecule has 2 rings (SSSR count). The smallest absolute Gasteiger partial charge is 0.195 e. The van der Waals surface area contributed by atoms with Crippen molar-refractivity contribution in [2.24, 2.45) is 7.05 Å². The average molecular weight is 262 g/mol. The minimum absolute atomic E-state index is 0.862. The molecular weight excluding hydrogens is 244 g/mol. The highest BCUT2D eigenvalue weighted by Gasteiger charge is 2.10. The van der Waals surface area contributed by atoms with E-state index in [1.165, 1.54) is 16.0 Å². The largest absolute Gasteiger partial charge is 0.316 e. The first kappa shape index (κ1) is 13.1. The topological polar surface area (TPSA) is 42.7 Å². The van der Waals surface area contributed by atoms with Gasteiger partial charge in [-0.3, -0.25) is 0 Å². The van der Waals surface area contributed by atoms with Crippen molar-refractivity contribution < 1.29 is 0 Å². The minimum atomic E-state index is 0.862. The molecule has 2 aromatic rings. The number of nitrogens with one attached hydrogen (secondary N) is 1. The summed E-state index contributed by atoms with van der Waals surface area (Å²) in [6.45, 7) is 4.93. The second-order valence-electron chi connectivity index (χ2n) is 4.33. The Kier molecular flexibility index (Phi) is 4.04. The molecule has 0 saturated heterocycles. The van der Waals surface area contributed by atoms with Gasteiger partial charge in [-0.2, -0.15) is 0 Å². The zero-order valence-corrected chi connectivity index (χ0v) is 12.0. The molecule has 96 valence electrons. The molecule has 5 heteroatoms. The summed E-state index contributed by atoms with van der Waals surface area (Å²) in [6.07, 6.45) is 0. The molecular formula is C13H18N4S. The molecule has 1 heterocycles. The van der Waals surface area contributed by atoms with Crippen LogP contribution in [0.5, 0.6) is 0 Å². The monoisotopic (exact) mass is 262 g/mol. The predicted molar refractivity (Wildman–Crippen MR) is 73.8 cm³/mol. The highest BCUT2D eigenvalue weighted by atomic mass is 32.2. The summed E-state index contributed by atoms with van der Waals surface area (Å²) in [5, 5.41) is 12.4. The Bertz CT molecular complexity index is 548. The molecule has 0 unspecified atom stereocenters. The SMILES string of the molecule is CNCc1cc(C)ccc1Sc1nnc(C)n1C. The molecule has 0 spiro atoms. The van der Waals surface area contributed by atoms with E-state index in [-0.39, 0.29) is 0 Å². The van der Waals surface area contributed by atoms with Gasteiger partial charge in [-0.1, -0.05) is 17.7 Å². The number of rotatable bonds is 4. The van der Waals surface area contributed by atoms with Crippen molar-refractivity contribution in [2.45, 2.75) is 30.4 Å². The van der Waals surface area contributed by atoms with Crippen molar-refractivity contribution in [1.82, 2.24) is 20.1 Å². The molecule has 0 saturated carbocycles. The Hall–Kier alpha value is -1.33. The van der Waals surface area contributed by atoms with Crippen LogP contribution in [-0.4, -0.2) is 21.8 Å². The highest BCUT2D eigenvalue weighted by molar-refractivity contribution is 7.99. The Morgan fingerprint density at radius 2 is 2.06 bits per heavy atom. The molecule has 1 aromatic carbocycles. The Morgan fingerprint density at radius 1 is 1.28 bits per heavy atom. The molecule has 0 fully saturated rings. The molecule has 0 atom stereocenters. The normalized spacial score (nSPS) is 10.9. The second kappa shape index (κ2) is 5.54. The van der Waals surface area contributed by atoms with E-state index >= 15 is 0 Å². The van der Waals surface area contributed by atoms with E-state index in [1.807, 2.05) is 25.6 Å². The summed E-state index contributed by atoms with van der Waals surface area (Å²) < 4.78 is 2.01. The van der Waals surface area contributed by atoms with Gasteiger partial charge in [0.15, 0.2) is 5.16 Å². The quantitative estimate of drug-likeness (QED) is 0.918. The van der Waals surface area contributed by atoms with Crippen molar-refractivity contribution >= 4 is 11.8 Å². The molecule has 1 N–H and O–H groups in total. The number of hydrogen-bond acceptors (Lipinski definition) is 4. The van der Waals surface area contributed by atoms with Gasteiger partial charge in [0, 0.05) is 18.5 Å². The Balaban J connectivity index is 2.31. The van der Waals surface area contributed by atoms with E-state index < -0.39 is 0 Å². The lowest BCUT2D eigenvalue weighted by atomic mass is 10.1. The summed E-state index contributed by atoms with van der Waals surface area (Å²) >= 11 is 1.66. The van der Waals surface area contributed by atoms with Gasteiger partial charge >= 0.3 is 0 Å². The zero-order chi connectivity index (χ0) is 13.1. The van der Waals surface area contributed by atoms with E-state index in [9.17, 15) is 0 Å². The number of aromatic nitrogens is 3. The van der Waals surface area contributed by atoms with Crippen LogP contribution in [0, 0.1) is 13.8 Å².